The number of hydrogen-bond acceptors (Lipinski definition) is 8. The van der Waals surface area contributed by atoms with Crippen molar-refractivity contribution in [3.8, 4) is 22.0 Å². The van der Waals surface area contributed by atoms with Gasteiger partial charge >= 0.3 is 0 Å². The summed E-state index contributed by atoms with van der Waals surface area (Å²) in [7, 11) is -4.15. The van der Waals surface area contributed by atoms with Crippen molar-refractivity contribution in [1.82, 2.24) is 19.8 Å². The quantitative estimate of drug-likeness (QED) is 0.285. The summed E-state index contributed by atoms with van der Waals surface area (Å²) < 4.78 is 29.5. The van der Waals surface area contributed by atoms with Crippen molar-refractivity contribution in [3.05, 3.63) is 88.3 Å². The van der Waals surface area contributed by atoms with E-state index in [1.54, 1.807) is 40.9 Å². The molecule has 0 atom stereocenters. The molecule has 0 fully saturated rings. The minimum absolute atomic E-state index is 0.265. The lowest BCUT2D eigenvalue weighted by atomic mass is 10.1. The van der Waals surface area contributed by atoms with Gasteiger partial charge in [-0.2, -0.15) is 9.61 Å². The summed E-state index contributed by atoms with van der Waals surface area (Å²) in [6, 6.07) is 19.2. The fraction of sp³-hybridized carbons (Fsp3) is 0. The third-order valence-corrected chi connectivity index (χ3v) is 7.08. The number of thiophene rings is 1. The van der Waals surface area contributed by atoms with Crippen LogP contribution in [0.2, 0.25) is 0 Å². The second-order valence-corrected chi connectivity index (χ2v) is 9.50. The Kier molecular flexibility index (Phi) is 5.07. The van der Waals surface area contributed by atoms with E-state index in [2.05, 4.69) is 20.0 Å². The molecule has 0 spiro atoms. The van der Waals surface area contributed by atoms with E-state index in [1.165, 1.54) is 29.5 Å². The van der Waals surface area contributed by atoms with Gasteiger partial charge in [0.05, 0.1) is 15.5 Å². The SMILES string of the molecule is O=[N+]([O-])c1ccccc1S(=O)(=O)Nc1ccc(-c2ccc3nnc(-c4cccs4)n3n2)cc1. The van der Waals surface area contributed by atoms with Gasteiger partial charge in [-0.15, -0.1) is 21.5 Å². The Morgan fingerprint density at radius 3 is 2.45 bits per heavy atom. The van der Waals surface area contributed by atoms with Gasteiger partial charge in [0, 0.05) is 17.3 Å². The number of rotatable bonds is 6. The fourth-order valence-corrected chi connectivity index (χ4v) is 5.18. The molecule has 3 aromatic heterocycles. The Bertz CT molecular complexity index is 1580. The maximum atomic E-state index is 12.7. The number of sulfonamides is 1. The van der Waals surface area contributed by atoms with Crippen LogP contribution in [0.5, 0.6) is 0 Å². The second kappa shape index (κ2) is 8.07. The lowest BCUT2D eigenvalue weighted by Gasteiger charge is -2.09. The summed E-state index contributed by atoms with van der Waals surface area (Å²) in [5.74, 6) is 0.635. The summed E-state index contributed by atoms with van der Waals surface area (Å²) in [6.07, 6.45) is 0. The van der Waals surface area contributed by atoms with E-state index in [0.717, 1.165) is 16.5 Å². The first-order valence-corrected chi connectivity index (χ1v) is 11.9. The smallest absolute Gasteiger partial charge is 0.279 e. The summed E-state index contributed by atoms with van der Waals surface area (Å²) >= 11 is 1.53. The van der Waals surface area contributed by atoms with E-state index < -0.39 is 25.5 Å². The third-order valence-electron chi connectivity index (χ3n) is 4.79. The maximum Gasteiger partial charge on any atom is 0.289 e. The summed E-state index contributed by atoms with van der Waals surface area (Å²) in [6.45, 7) is 0. The number of benzene rings is 2. The molecular weight excluding hydrogens is 464 g/mol. The van der Waals surface area contributed by atoms with E-state index in [1.807, 2.05) is 17.5 Å². The molecule has 5 aromatic rings. The van der Waals surface area contributed by atoms with Crippen LogP contribution in [0, 0.1) is 10.1 Å². The molecule has 0 amide bonds. The van der Waals surface area contributed by atoms with E-state index in [4.69, 9.17) is 0 Å². The van der Waals surface area contributed by atoms with Crippen molar-refractivity contribution in [2.45, 2.75) is 4.90 Å². The molecule has 0 radical (unpaired) electrons. The van der Waals surface area contributed by atoms with Crippen LogP contribution in [-0.4, -0.2) is 33.2 Å². The van der Waals surface area contributed by atoms with Gasteiger partial charge in [0.25, 0.3) is 15.7 Å². The zero-order chi connectivity index (χ0) is 23.0. The molecule has 5 rings (SSSR count). The lowest BCUT2D eigenvalue weighted by molar-refractivity contribution is -0.387. The van der Waals surface area contributed by atoms with Crippen molar-refractivity contribution >= 4 is 38.4 Å². The van der Waals surface area contributed by atoms with E-state index >= 15 is 0 Å². The maximum absolute atomic E-state index is 12.7. The molecule has 3 heterocycles. The van der Waals surface area contributed by atoms with Crippen LogP contribution in [0.3, 0.4) is 0 Å². The topological polar surface area (TPSA) is 132 Å². The molecule has 33 heavy (non-hydrogen) atoms. The van der Waals surface area contributed by atoms with E-state index in [-0.39, 0.29) is 5.69 Å². The zero-order valence-corrected chi connectivity index (χ0v) is 18.3. The van der Waals surface area contributed by atoms with E-state index in [0.29, 0.717) is 17.2 Å². The van der Waals surface area contributed by atoms with Gasteiger partial charge in [-0.3, -0.25) is 14.8 Å². The first kappa shape index (κ1) is 20.7. The number of hydrogen-bond donors (Lipinski definition) is 1. The number of nitro benzene ring substituents is 1. The number of fused-ring (bicyclic) bond motifs is 1. The number of aromatic nitrogens is 4. The normalized spacial score (nSPS) is 11.5. The highest BCUT2D eigenvalue weighted by Crippen LogP contribution is 2.27. The van der Waals surface area contributed by atoms with Crippen LogP contribution in [0.4, 0.5) is 11.4 Å². The van der Waals surface area contributed by atoms with Crippen LogP contribution in [0.1, 0.15) is 0 Å². The molecule has 164 valence electrons. The highest BCUT2D eigenvalue weighted by Gasteiger charge is 2.25. The van der Waals surface area contributed by atoms with Crippen LogP contribution in [0.25, 0.3) is 27.6 Å². The molecule has 10 nitrogen and oxygen atoms in total. The van der Waals surface area contributed by atoms with Crippen molar-refractivity contribution in [2.24, 2.45) is 0 Å². The molecule has 0 saturated carbocycles. The lowest BCUT2D eigenvalue weighted by Crippen LogP contribution is -2.14. The van der Waals surface area contributed by atoms with Crippen LogP contribution >= 0.6 is 11.3 Å². The second-order valence-electron chi connectivity index (χ2n) is 6.90. The van der Waals surface area contributed by atoms with Gasteiger partial charge in [-0.1, -0.05) is 30.3 Å². The number of anilines is 1. The highest BCUT2D eigenvalue weighted by molar-refractivity contribution is 7.92. The predicted molar refractivity (Wildman–Crippen MR) is 123 cm³/mol. The number of nitrogens with zero attached hydrogens (tertiary/aromatic N) is 5. The summed E-state index contributed by atoms with van der Waals surface area (Å²) in [5.41, 5.74) is 1.77. The Hall–Kier alpha value is -4.16. The molecule has 0 bridgehead atoms. The minimum Gasteiger partial charge on any atom is -0.279 e. The standard InChI is InChI=1S/C21H14N6O4S2/c28-27(29)17-4-1-2-6-19(17)33(30,31)25-15-9-7-14(8-10-15)16-11-12-20-22-23-21(26(20)24-16)18-5-3-13-32-18/h1-13,25H. The van der Waals surface area contributed by atoms with E-state index in [9.17, 15) is 18.5 Å². The molecule has 1 N–H and O–H groups in total. The Morgan fingerprint density at radius 1 is 0.939 bits per heavy atom. The fourth-order valence-electron chi connectivity index (χ4n) is 3.26. The van der Waals surface area contributed by atoms with Crippen LogP contribution in [0.15, 0.2) is 83.1 Å². The van der Waals surface area contributed by atoms with Gasteiger partial charge in [-0.05, 0) is 41.8 Å². The monoisotopic (exact) mass is 478 g/mol. The van der Waals surface area contributed by atoms with Gasteiger partial charge in [-0.25, -0.2) is 8.42 Å². The van der Waals surface area contributed by atoms with Gasteiger partial charge in [0.1, 0.15) is 0 Å². The Morgan fingerprint density at radius 2 is 1.73 bits per heavy atom. The van der Waals surface area contributed by atoms with Gasteiger partial charge < -0.3 is 0 Å². The molecule has 0 aliphatic rings. The molecule has 2 aromatic carbocycles. The Balaban J connectivity index is 1.44. The van der Waals surface area contributed by atoms with Crippen molar-refractivity contribution in [2.75, 3.05) is 4.72 Å². The first-order valence-electron chi connectivity index (χ1n) is 9.55. The third kappa shape index (κ3) is 3.92. The molecule has 12 heteroatoms. The zero-order valence-electron chi connectivity index (χ0n) is 16.7. The number of para-hydroxylation sites is 1. The average Bonchev–Trinajstić information content (AvgIpc) is 3.48. The highest BCUT2D eigenvalue weighted by atomic mass is 32.2. The molecule has 0 aliphatic heterocycles. The van der Waals surface area contributed by atoms with Crippen molar-refractivity contribution in [3.63, 3.8) is 0 Å². The summed E-state index contributed by atoms with van der Waals surface area (Å²) in [4.78, 5) is 11.0. The van der Waals surface area contributed by atoms with Crippen molar-refractivity contribution < 1.29 is 13.3 Å². The Labute approximate surface area is 191 Å². The summed E-state index contributed by atoms with van der Waals surface area (Å²) in [5, 5.41) is 26.1. The largest absolute Gasteiger partial charge is 0.289 e. The average molecular weight is 479 g/mol. The van der Waals surface area contributed by atoms with Crippen molar-refractivity contribution in [1.29, 1.82) is 0 Å². The van der Waals surface area contributed by atoms with Gasteiger partial charge in [0.15, 0.2) is 16.4 Å². The first-order chi connectivity index (χ1) is 15.9. The van der Waals surface area contributed by atoms with Crippen LogP contribution < -0.4 is 4.72 Å². The van der Waals surface area contributed by atoms with Gasteiger partial charge in [0.2, 0.25) is 0 Å². The predicted octanol–water partition coefficient (Wildman–Crippen LogP) is 4.23. The molecular formula is C21H14N6O4S2. The number of nitrogens with one attached hydrogen (secondary N) is 1. The minimum atomic E-state index is -4.15. The molecule has 0 saturated heterocycles. The molecule has 0 aliphatic carbocycles. The number of nitro groups is 1. The van der Waals surface area contributed by atoms with Crippen LogP contribution in [-0.2, 0) is 10.0 Å². The molecule has 0 unspecified atom stereocenters.